The van der Waals surface area contributed by atoms with Crippen molar-refractivity contribution in [3.8, 4) is 0 Å². The minimum atomic E-state index is -1.01. The van der Waals surface area contributed by atoms with Crippen molar-refractivity contribution in [1.29, 1.82) is 0 Å². The Morgan fingerprint density at radius 3 is 2.78 bits per heavy atom. The molecule has 1 aliphatic heterocycles. The quantitative estimate of drug-likeness (QED) is 0.652. The first-order valence-electron chi connectivity index (χ1n) is 5.76. The van der Waals surface area contributed by atoms with Gasteiger partial charge in [0.15, 0.2) is 5.72 Å². The van der Waals surface area contributed by atoms with Crippen molar-refractivity contribution in [1.82, 2.24) is 5.32 Å². The van der Waals surface area contributed by atoms with E-state index < -0.39 is 11.7 Å². The lowest BCUT2D eigenvalue weighted by Crippen LogP contribution is -2.46. The average molecular weight is 245 g/mol. The van der Waals surface area contributed by atoms with E-state index in [1.807, 2.05) is 30.3 Å². The molecule has 18 heavy (non-hydrogen) atoms. The summed E-state index contributed by atoms with van der Waals surface area (Å²) >= 11 is 0. The van der Waals surface area contributed by atoms with Crippen LogP contribution in [-0.4, -0.2) is 17.6 Å². The molecule has 1 aromatic carbocycles. The van der Waals surface area contributed by atoms with Crippen LogP contribution in [0.25, 0.3) is 0 Å². The molecule has 0 aliphatic carbocycles. The summed E-state index contributed by atoms with van der Waals surface area (Å²) in [6.07, 6.45) is 1.41. The molecule has 1 N–H and O–H groups in total. The maximum atomic E-state index is 11.6. The van der Waals surface area contributed by atoms with Crippen LogP contribution in [0, 0.1) is 0 Å². The largest absolute Gasteiger partial charge is 0.435 e. The fraction of sp³-hybridized carbons (Fsp3) is 0.286. The molecule has 4 nitrogen and oxygen atoms in total. The van der Waals surface area contributed by atoms with Gasteiger partial charge >= 0.3 is 5.97 Å². The van der Waals surface area contributed by atoms with Crippen molar-refractivity contribution in [3.63, 3.8) is 0 Å². The molecule has 1 aliphatic rings. The molecule has 1 heterocycles. The van der Waals surface area contributed by atoms with E-state index in [1.54, 1.807) is 6.92 Å². The summed E-state index contributed by atoms with van der Waals surface area (Å²) in [6, 6.07) is 9.54. The van der Waals surface area contributed by atoms with Crippen LogP contribution in [-0.2, 0) is 14.3 Å². The predicted molar refractivity (Wildman–Crippen MR) is 66.6 cm³/mol. The zero-order chi connectivity index (χ0) is 13.2. The van der Waals surface area contributed by atoms with Gasteiger partial charge in [-0.3, -0.25) is 4.79 Å². The normalized spacial score (nSPS) is 26.5. The maximum absolute atomic E-state index is 11.6. The van der Waals surface area contributed by atoms with Crippen molar-refractivity contribution >= 4 is 11.9 Å². The maximum Gasteiger partial charge on any atom is 0.332 e. The highest BCUT2D eigenvalue weighted by molar-refractivity contribution is 5.84. The number of nitrogens with one attached hydrogen (secondary N) is 1. The smallest absolute Gasteiger partial charge is 0.332 e. The number of ether oxygens (including phenoxy) is 1. The van der Waals surface area contributed by atoms with Crippen LogP contribution in [0.15, 0.2) is 43.0 Å². The zero-order valence-electron chi connectivity index (χ0n) is 10.2. The van der Waals surface area contributed by atoms with Gasteiger partial charge in [0.25, 0.3) is 0 Å². The van der Waals surface area contributed by atoms with Gasteiger partial charge in [-0.05, 0) is 12.5 Å². The molecule has 4 heteroatoms. The molecule has 0 bridgehead atoms. The van der Waals surface area contributed by atoms with E-state index >= 15 is 0 Å². The van der Waals surface area contributed by atoms with Gasteiger partial charge < -0.3 is 10.1 Å². The monoisotopic (exact) mass is 245 g/mol. The second kappa shape index (κ2) is 4.64. The molecule has 2 atom stereocenters. The van der Waals surface area contributed by atoms with Crippen molar-refractivity contribution in [2.24, 2.45) is 0 Å². The zero-order valence-corrected chi connectivity index (χ0v) is 10.2. The summed E-state index contributed by atoms with van der Waals surface area (Å²) < 4.78 is 5.30. The van der Waals surface area contributed by atoms with E-state index in [0.29, 0.717) is 6.42 Å². The second-order valence-electron chi connectivity index (χ2n) is 4.45. The number of hydrogen-bond donors (Lipinski definition) is 1. The van der Waals surface area contributed by atoms with Gasteiger partial charge in [-0.1, -0.05) is 36.9 Å². The van der Waals surface area contributed by atoms with Crippen molar-refractivity contribution in [2.45, 2.75) is 25.0 Å². The number of esters is 1. The van der Waals surface area contributed by atoms with Crippen LogP contribution in [0.4, 0.5) is 0 Å². The van der Waals surface area contributed by atoms with Crippen molar-refractivity contribution in [2.75, 3.05) is 0 Å². The van der Waals surface area contributed by atoms with E-state index in [0.717, 1.165) is 11.6 Å². The van der Waals surface area contributed by atoms with Crippen molar-refractivity contribution < 1.29 is 14.3 Å². The van der Waals surface area contributed by atoms with Gasteiger partial charge in [0.2, 0.25) is 5.91 Å². The van der Waals surface area contributed by atoms with Gasteiger partial charge in [0.05, 0.1) is 5.92 Å². The molecule has 94 valence electrons. The molecule has 0 aromatic heterocycles. The van der Waals surface area contributed by atoms with Crippen LogP contribution in [0.5, 0.6) is 0 Å². The number of carbonyl (C=O) groups excluding carboxylic acids is 2. The van der Waals surface area contributed by atoms with Gasteiger partial charge in [0.1, 0.15) is 0 Å². The number of amides is 1. The van der Waals surface area contributed by atoms with E-state index in [-0.39, 0.29) is 11.8 Å². The van der Waals surface area contributed by atoms with Crippen LogP contribution in [0.2, 0.25) is 0 Å². The van der Waals surface area contributed by atoms with Crippen LogP contribution < -0.4 is 5.32 Å². The Bertz CT molecular complexity index is 483. The van der Waals surface area contributed by atoms with Crippen molar-refractivity contribution in [3.05, 3.63) is 48.6 Å². The molecule has 1 saturated heterocycles. The molecular weight excluding hydrogens is 230 g/mol. The summed E-state index contributed by atoms with van der Waals surface area (Å²) in [6.45, 7) is 5.07. The van der Waals surface area contributed by atoms with E-state index in [2.05, 4.69) is 11.9 Å². The molecule has 0 radical (unpaired) electrons. The minimum Gasteiger partial charge on any atom is -0.435 e. The van der Waals surface area contributed by atoms with Crippen LogP contribution in [0.3, 0.4) is 0 Å². The third kappa shape index (κ3) is 2.27. The van der Waals surface area contributed by atoms with Gasteiger partial charge in [0, 0.05) is 12.5 Å². The van der Waals surface area contributed by atoms with Crippen LogP contribution >= 0.6 is 0 Å². The lowest BCUT2D eigenvalue weighted by Gasteiger charge is -2.30. The minimum absolute atomic E-state index is 0.122. The summed E-state index contributed by atoms with van der Waals surface area (Å²) in [5, 5.41) is 2.71. The average Bonchev–Trinajstić information content (AvgIpc) is 2.65. The van der Waals surface area contributed by atoms with Gasteiger partial charge in [-0.25, -0.2) is 4.79 Å². The summed E-state index contributed by atoms with van der Waals surface area (Å²) in [5.41, 5.74) is -0.0424. The predicted octanol–water partition coefficient (Wildman–Crippen LogP) is 1.74. The molecule has 2 rings (SSSR count). The fourth-order valence-electron chi connectivity index (χ4n) is 2.26. The highest BCUT2D eigenvalue weighted by Gasteiger charge is 2.46. The first kappa shape index (κ1) is 12.4. The summed E-state index contributed by atoms with van der Waals surface area (Å²) in [5.74, 6) is -0.848. The number of hydrogen-bond acceptors (Lipinski definition) is 3. The van der Waals surface area contributed by atoms with Gasteiger partial charge in [-0.2, -0.15) is 0 Å². The topological polar surface area (TPSA) is 55.4 Å². The van der Waals surface area contributed by atoms with E-state index in [1.165, 1.54) is 0 Å². The molecule has 0 saturated carbocycles. The Kier molecular flexibility index (Phi) is 3.19. The Balaban J connectivity index is 2.30. The fourth-order valence-corrected chi connectivity index (χ4v) is 2.26. The number of benzene rings is 1. The second-order valence-corrected chi connectivity index (χ2v) is 4.45. The van der Waals surface area contributed by atoms with E-state index in [9.17, 15) is 9.59 Å². The summed E-state index contributed by atoms with van der Waals surface area (Å²) in [4.78, 5) is 22.9. The Morgan fingerprint density at radius 2 is 2.17 bits per heavy atom. The first-order valence-corrected chi connectivity index (χ1v) is 5.76. The highest BCUT2D eigenvalue weighted by atomic mass is 16.6. The SMILES string of the molecule is C=CC(=O)OC1(C)NC(=O)CC1c1ccccc1. The Labute approximate surface area is 106 Å². The lowest BCUT2D eigenvalue weighted by atomic mass is 9.90. The first-order chi connectivity index (χ1) is 8.55. The molecule has 1 fully saturated rings. The molecule has 1 amide bonds. The Hall–Kier alpha value is -2.10. The lowest BCUT2D eigenvalue weighted by molar-refractivity contribution is -0.155. The molecule has 0 spiro atoms. The third-order valence-corrected chi connectivity index (χ3v) is 3.12. The van der Waals surface area contributed by atoms with Gasteiger partial charge in [-0.15, -0.1) is 0 Å². The highest BCUT2D eigenvalue weighted by Crippen LogP contribution is 2.37. The third-order valence-electron chi connectivity index (χ3n) is 3.12. The number of rotatable bonds is 3. The standard InChI is InChI=1S/C14H15NO3/c1-3-13(17)18-14(2)11(9-12(16)15-14)10-7-5-4-6-8-10/h3-8,11H,1,9H2,2H3,(H,15,16). The Morgan fingerprint density at radius 1 is 1.50 bits per heavy atom. The number of carbonyl (C=O) groups is 2. The van der Waals surface area contributed by atoms with E-state index in [4.69, 9.17) is 4.74 Å². The molecule has 1 aromatic rings. The molecular formula is C14H15NO3. The molecule has 2 unspecified atom stereocenters. The van der Waals surface area contributed by atoms with Crippen LogP contribution in [0.1, 0.15) is 24.8 Å². The summed E-state index contributed by atoms with van der Waals surface area (Å²) in [7, 11) is 0.